The molecule has 0 saturated heterocycles. The summed E-state index contributed by atoms with van der Waals surface area (Å²) in [6.07, 6.45) is 0. The molecule has 7 nitrogen and oxygen atoms in total. The molecule has 3 rings (SSSR count). The number of carboxylic acid groups (broad SMARTS) is 1. The predicted molar refractivity (Wildman–Crippen MR) is 126 cm³/mol. The summed E-state index contributed by atoms with van der Waals surface area (Å²) in [5, 5.41) is 14.8. The van der Waals surface area contributed by atoms with E-state index in [1.807, 2.05) is 12.1 Å². The molecule has 8 heteroatoms. The van der Waals surface area contributed by atoms with Gasteiger partial charge in [-0.2, -0.15) is 0 Å². The van der Waals surface area contributed by atoms with Crippen molar-refractivity contribution in [2.75, 3.05) is 12.4 Å². The van der Waals surface area contributed by atoms with Gasteiger partial charge in [-0.15, -0.1) is 0 Å². The second-order valence-electron chi connectivity index (χ2n) is 8.12. The van der Waals surface area contributed by atoms with E-state index in [2.05, 4.69) is 31.4 Å². The number of nitrogens with one attached hydrogen (secondary N) is 2. The Hall–Kier alpha value is -3.65. The number of carbonyl (C=O) groups excluding carboxylic acids is 1. The smallest absolute Gasteiger partial charge is 0.371 e. The minimum Gasteiger partial charge on any atom is -0.496 e. The Morgan fingerprint density at radius 1 is 1.03 bits per heavy atom. The summed E-state index contributed by atoms with van der Waals surface area (Å²) in [4.78, 5) is 23.6. The van der Waals surface area contributed by atoms with Gasteiger partial charge in [0.15, 0.2) is 5.11 Å². The van der Waals surface area contributed by atoms with Crippen LogP contribution in [0.15, 0.2) is 59.0 Å². The highest BCUT2D eigenvalue weighted by molar-refractivity contribution is 7.80. The van der Waals surface area contributed by atoms with Crippen molar-refractivity contribution >= 4 is 34.9 Å². The van der Waals surface area contributed by atoms with Gasteiger partial charge >= 0.3 is 5.97 Å². The fourth-order valence-electron chi connectivity index (χ4n) is 3.04. The van der Waals surface area contributed by atoms with Crippen LogP contribution in [0.3, 0.4) is 0 Å². The molecule has 2 aromatic carbocycles. The van der Waals surface area contributed by atoms with Crippen LogP contribution in [0.4, 0.5) is 5.69 Å². The van der Waals surface area contributed by atoms with Crippen molar-refractivity contribution in [2.45, 2.75) is 26.2 Å². The fourth-order valence-corrected chi connectivity index (χ4v) is 3.25. The Balaban J connectivity index is 1.73. The number of methoxy groups -OCH3 is 1. The fraction of sp³-hybridized carbons (Fsp3) is 0.208. The number of carboxylic acids is 1. The lowest BCUT2D eigenvalue weighted by atomic mass is 9.87. The Labute approximate surface area is 191 Å². The van der Waals surface area contributed by atoms with Crippen molar-refractivity contribution in [3.63, 3.8) is 0 Å². The van der Waals surface area contributed by atoms with Crippen LogP contribution < -0.4 is 15.4 Å². The number of thiocarbonyl (C=S) groups is 1. The molecule has 0 saturated carbocycles. The van der Waals surface area contributed by atoms with Crippen LogP contribution >= 0.6 is 12.2 Å². The normalized spacial score (nSPS) is 11.0. The monoisotopic (exact) mass is 452 g/mol. The average Bonchev–Trinajstić information content (AvgIpc) is 3.23. The van der Waals surface area contributed by atoms with E-state index in [0.29, 0.717) is 28.3 Å². The lowest BCUT2D eigenvalue weighted by Gasteiger charge is -2.19. The maximum Gasteiger partial charge on any atom is 0.371 e. The van der Waals surface area contributed by atoms with Crippen molar-refractivity contribution in [1.82, 2.24) is 5.32 Å². The van der Waals surface area contributed by atoms with Crippen molar-refractivity contribution in [3.8, 4) is 17.1 Å². The van der Waals surface area contributed by atoms with Gasteiger partial charge in [0.25, 0.3) is 5.91 Å². The van der Waals surface area contributed by atoms with Crippen LogP contribution in [0.5, 0.6) is 5.75 Å². The number of anilines is 1. The number of carbonyl (C=O) groups is 2. The third-order valence-electron chi connectivity index (χ3n) is 4.78. The Morgan fingerprint density at radius 2 is 1.72 bits per heavy atom. The van der Waals surface area contributed by atoms with Gasteiger partial charge in [0.05, 0.1) is 12.7 Å². The van der Waals surface area contributed by atoms with E-state index < -0.39 is 5.97 Å². The third kappa shape index (κ3) is 5.33. The molecule has 3 N–H and O–H groups in total. The molecule has 0 unspecified atom stereocenters. The van der Waals surface area contributed by atoms with Crippen molar-refractivity contribution < 1.29 is 23.8 Å². The van der Waals surface area contributed by atoms with Gasteiger partial charge in [-0.3, -0.25) is 10.1 Å². The number of amides is 1. The van der Waals surface area contributed by atoms with Gasteiger partial charge in [0, 0.05) is 11.3 Å². The molecule has 1 aromatic heterocycles. The second kappa shape index (κ2) is 9.23. The molecule has 0 aliphatic rings. The van der Waals surface area contributed by atoms with E-state index in [9.17, 15) is 9.59 Å². The van der Waals surface area contributed by atoms with Crippen LogP contribution in [0.1, 0.15) is 47.2 Å². The molecule has 3 aromatic rings. The van der Waals surface area contributed by atoms with Gasteiger partial charge in [-0.25, -0.2) is 4.79 Å². The summed E-state index contributed by atoms with van der Waals surface area (Å²) in [6, 6.07) is 15.4. The second-order valence-corrected chi connectivity index (χ2v) is 8.53. The van der Waals surface area contributed by atoms with Gasteiger partial charge < -0.3 is 19.6 Å². The van der Waals surface area contributed by atoms with Gasteiger partial charge in [0.2, 0.25) is 5.76 Å². The number of furan rings is 1. The molecule has 0 radical (unpaired) electrons. The van der Waals surface area contributed by atoms with Crippen molar-refractivity contribution in [1.29, 1.82) is 0 Å². The first-order chi connectivity index (χ1) is 15.1. The summed E-state index contributed by atoms with van der Waals surface area (Å²) in [5.41, 5.74) is 2.73. The number of ether oxygens (including phenoxy) is 1. The summed E-state index contributed by atoms with van der Waals surface area (Å²) in [7, 11) is 1.50. The lowest BCUT2D eigenvalue weighted by Crippen LogP contribution is -2.34. The minimum absolute atomic E-state index is 0.00282. The Bertz CT molecular complexity index is 1160. The first-order valence-corrected chi connectivity index (χ1v) is 10.2. The first-order valence-electron chi connectivity index (χ1n) is 9.83. The molecule has 1 amide bonds. The van der Waals surface area contributed by atoms with Crippen LogP contribution in [0.2, 0.25) is 0 Å². The topological polar surface area (TPSA) is 101 Å². The maximum absolute atomic E-state index is 12.5. The summed E-state index contributed by atoms with van der Waals surface area (Å²) >= 11 is 5.28. The maximum atomic E-state index is 12.5. The molecule has 0 aliphatic carbocycles. The van der Waals surface area contributed by atoms with Gasteiger partial charge in [-0.05, 0) is 65.7 Å². The largest absolute Gasteiger partial charge is 0.496 e. The van der Waals surface area contributed by atoms with E-state index in [4.69, 9.17) is 26.5 Å². The first kappa shape index (κ1) is 23.0. The van der Waals surface area contributed by atoms with Crippen LogP contribution in [0, 0.1) is 0 Å². The van der Waals surface area contributed by atoms with Crippen LogP contribution in [-0.4, -0.2) is 29.2 Å². The highest BCUT2D eigenvalue weighted by Gasteiger charge is 2.17. The highest BCUT2D eigenvalue weighted by atomic mass is 32.1. The summed E-state index contributed by atoms with van der Waals surface area (Å²) in [5.74, 6) is -0.842. The zero-order valence-corrected chi connectivity index (χ0v) is 19.0. The van der Waals surface area contributed by atoms with E-state index >= 15 is 0 Å². The molecule has 32 heavy (non-hydrogen) atoms. The Morgan fingerprint density at radius 3 is 2.28 bits per heavy atom. The zero-order valence-electron chi connectivity index (χ0n) is 18.2. The zero-order chi connectivity index (χ0) is 23.5. The molecular formula is C24H24N2O5S. The molecule has 0 bridgehead atoms. The minimum atomic E-state index is -1.16. The van der Waals surface area contributed by atoms with Crippen LogP contribution in [0.25, 0.3) is 11.3 Å². The quantitative estimate of drug-likeness (QED) is 0.464. The average molecular weight is 453 g/mol. The number of hydrogen-bond acceptors (Lipinski definition) is 5. The van der Waals surface area contributed by atoms with E-state index in [-0.39, 0.29) is 22.2 Å². The standard InChI is InChI=1S/C24H24N2O5S/c1-24(2,3)15-7-5-14(6-8-15)21(27)26-23(32)25-16-9-10-18(30-4)17(13-16)19-11-12-20(31-19)22(28)29/h5-13H,1-4H3,(H,28,29)(H2,25,26,27,32). The van der Waals surface area contributed by atoms with Gasteiger partial charge in [-0.1, -0.05) is 32.9 Å². The summed E-state index contributed by atoms with van der Waals surface area (Å²) < 4.78 is 10.7. The third-order valence-corrected chi connectivity index (χ3v) is 4.98. The lowest BCUT2D eigenvalue weighted by molar-refractivity contribution is 0.0663. The van der Waals surface area contributed by atoms with E-state index in [1.165, 1.54) is 13.2 Å². The van der Waals surface area contributed by atoms with Crippen molar-refractivity contribution in [2.24, 2.45) is 0 Å². The van der Waals surface area contributed by atoms with Crippen LogP contribution in [-0.2, 0) is 5.41 Å². The number of benzene rings is 2. The molecule has 0 aliphatic heterocycles. The summed E-state index contributed by atoms with van der Waals surface area (Å²) in [6.45, 7) is 6.32. The molecule has 0 atom stereocenters. The van der Waals surface area contributed by atoms with E-state index in [1.54, 1.807) is 36.4 Å². The molecule has 166 valence electrons. The Kier molecular flexibility index (Phi) is 6.64. The number of hydrogen-bond donors (Lipinski definition) is 3. The van der Waals surface area contributed by atoms with Crippen molar-refractivity contribution in [3.05, 3.63) is 71.5 Å². The molecule has 0 spiro atoms. The van der Waals surface area contributed by atoms with E-state index in [0.717, 1.165) is 5.56 Å². The molecule has 0 fully saturated rings. The number of aromatic carboxylic acids is 1. The predicted octanol–water partition coefficient (Wildman–Crippen LogP) is 5.08. The number of rotatable bonds is 5. The SMILES string of the molecule is COc1ccc(NC(=S)NC(=O)c2ccc(C(C)(C)C)cc2)cc1-c1ccc(C(=O)O)o1. The van der Waals surface area contributed by atoms with Gasteiger partial charge in [0.1, 0.15) is 11.5 Å². The molecular weight excluding hydrogens is 428 g/mol. The highest BCUT2D eigenvalue weighted by Crippen LogP contribution is 2.33. The molecule has 1 heterocycles.